The molecule has 6 rings (SSSR count). The molecule has 2 spiro atoms. The molecule has 6 aliphatic carbocycles. The zero-order chi connectivity index (χ0) is 12.9. The van der Waals surface area contributed by atoms with Gasteiger partial charge < -0.3 is 0 Å². The molecule has 8 atom stereocenters. The molecule has 0 heterocycles. The second-order valence-corrected chi connectivity index (χ2v) is 7.79. The van der Waals surface area contributed by atoms with Crippen molar-refractivity contribution in [3.05, 3.63) is 23.3 Å². The zero-order valence-electron chi connectivity index (χ0n) is 11.1. The molecule has 2 nitrogen and oxygen atoms in total. The Morgan fingerprint density at radius 1 is 0.895 bits per heavy atom. The van der Waals surface area contributed by atoms with Crippen LogP contribution < -0.4 is 0 Å². The van der Waals surface area contributed by atoms with E-state index in [2.05, 4.69) is 26.0 Å². The van der Waals surface area contributed by atoms with Gasteiger partial charge in [0.1, 0.15) is 11.6 Å². The summed E-state index contributed by atoms with van der Waals surface area (Å²) in [6, 6.07) is 0. The van der Waals surface area contributed by atoms with Crippen LogP contribution in [0.25, 0.3) is 0 Å². The number of allylic oxidation sites excluding steroid dienone is 4. The Morgan fingerprint density at radius 2 is 1.32 bits per heavy atom. The fourth-order valence-corrected chi connectivity index (χ4v) is 7.60. The number of ketones is 2. The Labute approximate surface area is 111 Å². The Morgan fingerprint density at radius 3 is 1.74 bits per heavy atom. The van der Waals surface area contributed by atoms with E-state index in [1.165, 1.54) is 11.1 Å². The minimum absolute atomic E-state index is 0.102. The lowest BCUT2D eigenvalue weighted by Crippen LogP contribution is -2.67. The van der Waals surface area contributed by atoms with Crippen molar-refractivity contribution in [3.63, 3.8) is 0 Å². The third-order valence-corrected chi connectivity index (χ3v) is 7.83. The summed E-state index contributed by atoms with van der Waals surface area (Å²) in [7, 11) is 0. The summed E-state index contributed by atoms with van der Waals surface area (Å²) in [5.41, 5.74) is 1.65. The predicted molar refractivity (Wildman–Crippen MR) is 68.0 cm³/mol. The van der Waals surface area contributed by atoms with Gasteiger partial charge in [0.2, 0.25) is 0 Å². The van der Waals surface area contributed by atoms with Gasteiger partial charge in [-0.25, -0.2) is 0 Å². The average Bonchev–Trinajstić information content (AvgIpc) is 2.93. The van der Waals surface area contributed by atoms with E-state index in [4.69, 9.17) is 0 Å². The Kier molecular flexibility index (Phi) is 1.12. The number of fused-ring (bicyclic) bond motifs is 1. The molecule has 0 radical (unpaired) electrons. The zero-order valence-corrected chi connectivity index (χ0v) is 11.1. The van der Waals surface area contributed by atoms with Crippen molar-refractivity contribution in [1.82, 2.24) is 0 Å². The first-order valence-electron chi connectivity index (χ1n) is 7.53. The van der Waals surface area contributed by atoms with Gasteiger partial charge in [0.15, 0.2) is 0 Å². The molecule has 5 saturated carbocycles. The van der Waals surface area contributed by atoms with Crippen molar-refractivity contribution in [2.45, 2.75) is 20.3 Å². The van der Waals surface area contributed by atoms with Crippen molar-refractivity contribution in [2.24, 2.45) is 46.3 Å². The third kappa shape index (κ3) is 0.552. The molecule has 0 aromatic carbocycles. The van der Waals surface area contributed by atoms with Gasteiger partial charge in [-0.05, 0) is 43.9 Å². The highest BCUT2D eigenvalue weighted by Crippen LogP contribution is 2.91. The largest absolute Gasteiger partial charge is 0.298 e. The SMILES string of the molecule is CC1=C[C@@]23C(=O)[C@@H]4[C@H]5C[C@H]6[C@@H]4C(=O)[C@]2(C=C1C)[C@H]6[C@H]53. The molecule has 5 fully saturated rings. The normalized spacial score (nSPS) is 65.4. The molecular weight excluding hydrogens is 236 g/mol. The summed E-state index contributed by atoms with van der Waals surface area (Å²) in [5.74, 6) is 3.19. The highest BCUT2D eigenvalue weighted by molar-refractivity contribution is 6.14. The van der Waals surface area contributed by atoms with E-state index >= 15 is 0 Å². The van der Waals surface area contributed by atoms with Crippen LogP contribution in [0.3, 0.4) is 0 Å². The minimum Gasteiger partial charge on any atom is -0.298 e. The lowest BCUT2D eigenvalue weighted by molar-refractivity contribution is -0.167. The number of carbonyl (C=O) groups excluding carboxylic acids is 2. The Hall–Kier alpha value is -1.18. The van der Waals surface area contributed by atoms with Crippen LogP contribution in [0.1, 0.15) is 20.3 Å². The first-order chi connectivity index (χ1) is 9.05. The Bertz CT molecular complexity index is 625. The van der Waals surface area contributed by atoms with Gasteiger partial charge in [-0.15, -0.1) is 0 Å². The summed E-state index contributed by atoms with van der Waals surface area (Å²) < 4.78 is 0. The maximum absolute atomic E-state index is 13.0. The second-order valence-electron chi connectivity index (χ2n) is 7.79. The smallest absolute Gasteiger partial charge is 0.148 e. The van der Waals surface area contributed by atoms with Crippen LogP contribution in [-0.2, 0) is 9.59 Å². The van der Waals surface area contributed by atoms with Gasteiger partial charge >= 0.3 is 0 Å². The summed E-state index contributed by atoms with van der Waals surface area (Å²) >= 11 is 0. The van der Waals surface area contributed by atoms with Gasteiger partial charge in [-0.2, -0.15) is 0 Å². The van der Waals surface area contributed by atoms with Crippen LogP contribution in [0.4, 0.5) is 0 Å². The number of carbonyl (C=O) groups is 2. The molecular formula is C17H16O2. The molecule has 0 amide bonds. The first kappa shape index (κ1) is 9.68. The topological polar surface area (TPSA) is 34.1 Å². The molecule has 0 unspecified atom stereocenters. The number of Topliss-reactive ketones (excluding diaryl/α,β-unsaturated/α-hetero) is 2. The van der Waals surface area contributed by atoms with E-state index in [1.54, 1.807) is 0 Å². The number of hydrogen-bond donors (Lipinski definition) is 0. The molecule has 19 heavy (non-hydrogen) atoms. The van der Waals surface area contributed by atoms with Crippen molar-refractivity contribution in [2.75, 3.05) is 0 Å². The van der Waals surface area contributed by atoms with Gasteiger partial charge in [0.05, 0.1) is 10.8 Å². The predicted octanol–water partition coefficient (Wildman–Crippen LogP) is 2.16. The monoisotopic (exact) mass is 252 g/mol. The molecule has 2 bridgehead atoms. The van der Waals surface area contributed by atoms with Gasteiger partial charge in [-0.1, -0.05) is 23.3 Å². The molecule has 0 N–H and O–H groups in total. The summed E-state index contributed by atoms with van der Waals surface area (Å²) in [6.07, 6.45) is 5.58. The fourth-order valence-electron chi connectivity index (χ4n) is 7.60. The number of hydrogen-bond acceptors (Lipinski definition) is 2. The van der Waals surface area contributed by atoms with Gasteiger partial charge in [0, 0.05) is 11.8 Å². The van der Waals surface area contributed by atoms with Crippen molar-refractivity contribution < 1.29 is 9.59 Å². The van der Waals surface area contributed by atoms with E-state index in [1.807, 2.05) is 0 Å². The quantitative estimate of drug-likeness (QED) is 0.662. The van der Waals surface area contributed by atoms with Gasteiger partial charge in [0.25, 0.3) is 0 Å². The first-order valence-corrected chi connectivity index (χ1v) is 7.53. The maximum atomic E-state index is 13.0. The van der Waals surface area contributed by atoms with Crippen LogP contribution in [-0.4, -0.2) is 11.6 Å². The molecule has 0 aliphatic heterocycles. The summed E-state index contributed by atoms with van der Waals surface area (Å²) in [6.45, 7) is 4.20. The summed E-state index contributed by atoms with van der Waals surface area (Å²) in [4.78, 5) is 26.1. The highest BCUT2D eigenvalue weighted by atomic mass is 16.2. The molecule has 2 heteroatoms. The molecule has 0 aromatic heterocycles. The van der Waals surface area contributed by atoms with Crippen molar-refractivity contribution >= 4 is 11.6 Å². The van der Waals surface area contributed by atoms with E-state index < -0.39 is 10.8 Å². The third-order valence-electron chi connectivity index (χ3n) is 7.83. The second kappa shape index (κ2) is 2.19. The van der Waals surface area contributed by atoms with E-state index in [-0.39, 0.29) is 11.8 Å². The van der Waals surface area contributed by atoms with Crippen molar-refractivity contribution in [1.29, 1.82) is 0 Å². The van der Waals surface area contributed by atoms with Crippen LogP contribution in [0.2, 0.25) is 0 Å². The van der Waals surface area contributed by atoms with E-state index in [0.29, 0.717) is 35.2 Å². The van der Waals surface area contributed by atoms with Crippen LogP contribution in [0, 0.1) is 46.3 Å². The average molecular weight is 252 g/mol. The van der Waals surface area contributed by atoms with Crippen LogP contribution >= 0.6 is 0 Å². The highest BCUT2D eigenvalue weighted by Gasteiger charge is 2.95. The lowest BCUT2D eigenvalue weighted by Gasteiger charge is -2.62. The molecule has 0 aromatic rings. The maximum Gasteiger partial charge on any atom is 0.148 e. The molecule has 96 valence electrons. The van der Waals surface area contributed by atoms with Crippen LogP contribution in [0.15, 0.2) is 23.3 Å². The minimum atomic E-state index is -0.393. The fraction of sp³-hybridized carbons (Fsp3) is 0.647. The number of rotatable bonds is 0. The summed E-state index contributed by atoms with van der Waals surface area (Å²) in [5, 5.41) is 0. The van der Waals surface area contributed by atoms with Crippen molar-refractivity contribution in [3.8, 4) is 0 Å². The molecule has 6 aliphatic rings. The Balaban J connectivity index is 1.78. The standard InChI is InChI=1S/C17H16O2/c1-6-4-16-12-8-3-9-11(10(8)14(16)18)15(19)17(16,13(9)12)5-7(6)2/h4-5,8-13H,3H2,1-2H3/t8-,9+,10-,11+,12+,13-,16-,17+. The molecule has 0 saturated heterocycles. The van der Waals surface area contributed by atoms with Gasteiger partial charge in [-0.3, -0.25) is 9.59 Å². The van der Waals surface area contributed by atoms with E-state index in [0.717, 1.165) is 6.42 Å². The van der Waals surface area contributed by atoms with Crippen LogP contribution in [0.5, 0.6) is 0 Å². The lowest BCUT2D eigenvalue weighted by atomic mass is 9.37. The van der Waals surface area contributed by atoms with E-state index in [9.17, 15) is 9.59 Å².